The van der Waals surface area contributed by atoms with Crippen LogP contribution in [-0.2, 0) is 6.61 Å². The molecule has 0 saturated carbocycles. The Morgan fingerprint density at radius 1 is 1.00 bits per heavy atom. The molecule has 0 saturated heterocycles. The number of aryl methyl sites for hydroxylation is 2. The highest BCUT2D eigenvalue weighted by Crippen LogP contribution is 2.27. The summed E-state index contributed by atoms with van der Waals surface area (Å²) in [6.45, 7) is 3.62. The molecule has 0 fully saturated rings. The third kappa shape index (κ3) is 2.73. The van der Waals surface area contributed by atoms with Gasteiger partial charge in [-0.25, -0.2) is 13.5 Å². The molecule has 3 aromatic rings. The zero-order valence-electron chi connectivity index (χ0n) is 12.7. The van der Waals surface area contributed by atoms with Gasteiger partial charge in [-0.1, -0.05) is 11.3 Å². The third-order valence-corrected chi connectivity index (χ3v) is 3.82. The van der Waals surface area contributed by atoms with E-state index in [-0.39, 0.29) is 6.61 Å². The number of hydrogen-bond donors (Lipinski definition) is 1. The Morgan fingerprint density at radius 2 is 1.78 bits per heavy atom. The van der Waals surface area contributed by atoms with Crippen LogP contribution in [0.3, 0.4) is 0 Å². The SMILES string of the molecule is Cc1ccc(-n2nnc(CO)c2-c2ccc(F)c(F)c2)cc1C. The highest BCUT2D eigenvalue weighted by molar-refractivity contribution is 5.64. The molecule has 23 heavy (non-hydrogen) atoms. The Kier molecular flexibility index (Phi) is 3.92. The summed E-state index contributed by atoms with van der Waals surface area (Å²) in [4.78, 5) is 0. The monoisotopic (exact) mass is 315 g/mol. The predicted molar refractivity (Wildman–Crippen MR) is 82.1 cm³/mol. The molecule has 2 aromatic carbocycles. The van der Waals surface area contributed by atoms with Gasteiger partial charge >= 0.3 is 0 Å². The van der Waals surface area contributed by atoms with Crippen molar-refractivity contribution < 1.29 is 13.9 Å². The molecule has 0 unspecified atom stereocenters. The van der Waals surface area contributed by atoms with Crippen molar-refractivity contribution >= 4 is 0 Å². The van der Waals surface area contributed by atoms with Crippen LogP contribution in [0, 0.1) is 25.5 Å². The third-order valence-electron chi connectivity index (χ3n) is 3.82. The van der Waals surface area contributed by atoms with Gasteiger partial charge in [0.15, 0.2) is 11.6 Å². The van der Waals surface area contributed by atoms with Gasteiger partial charge in [0.25, 0.3) is 0 Å². The summed E-state index contributed by atoms with van der Waals surface area (Å²) in [6, 6.07) is 9.29. The van der Waals surface area contributed by atoms with Crippen LogP contribution in [0.15, 0.2) is 36.4 Å². The Morgan fingerprint density at radius 3 is 2.43 bits per heavy atom. The van der Waals surface area contributed by atoms with E-state index in [1.807, 2.05) is 32.0 Å². The molecule has 6 heteroatoms. The van der Waals surface area contributed by atoms with E-state index in [0.717, 1.165) is 28.9 Å². The molecular weight excluding hydrogens is 300 g/mol. The zero-order valence-corrected chi connectivity index (χ0v) is 12.7. The van der Waals surface area contributed by atoms with Crippen molar-refractivity contribution in [1.82, 2.24) is 15.0 Å². The molecule has 0 amide bonds. The molecule has 0 aliphatic rings. The van der Waals surface area contributed by atoms with Gasteiger partial charge in [0, 0.05) is 5.56 Å². The average molecular weight is 315 g/mol. The van der Waals surface area contributed by atoms with Crippen molar-refractivity contribution in [2.75, 3.05) is 0 Å². The highest BCUT2D eigenvalue weighted by Gasteiger charge is 2.17. The molecule has 1 N–H and O–H groups in total. The smallest absolute Gasteiger partial charge is 0.159 e. The van der Waals surface area contributed by atoms with Crippen molar-refractivity contribution in [1.29, 1.82) is 0 Å². The van der Waals surface area contributed by atoms with E-state index in [0.29, 0.717) is 17.0 Å². The van der Waals surface area contributed by atoms with E-state index in [1.165, 1.54) is 10.7 Å². The molecule has 0 atom stereocenters. The lowest BCUT2D eigenvalue weighted by Crippen LogP contribution is -2.02. The van der Waals surface area contributed by atoms with Gasteiger partial charge in [0.1, 0.15) is 11.4 Å². The lowest BCUT2D eigenvalue weighted by Gasteiger charge is -2.10. The quantitative estimate of drug-likeness (QED) is 0.806. The van der Waals surface area contributed by atoms with Crippen molar-refractivity contribution in [2.45, 2.75) is 20.5 Å². The summed E-state index contributed by atoms with van der Waals surface area (Å²) < 4.78 is 28.3. The Bertz CT molecular complexity index is 874. The molecule has 4 nitrogen and oxygen atoms in total. The maximum absolute atomic E-state index is 13.6. The van der Waals surface area contributed by atoms with Crippen LogP contribution in [0.5, 0.6) is 0 Å². The van der Waals surface area contributed by atoms with Crippen LogP contribution >= 0.6 is 0 Å². The molecule has 0 aliphatic heterocycles. The first-order valence-electron chi connectivity index (χ1n) is 7.09. The lowest BCUT2D eigenvalue weighted by molar-refractivity contribution is 0.277. The fraction of sp³-hybridized carbons (Fsp3) is 0.176. The van der Waals surface area contributed by atoms with Gasteiger partial charge in [-0.2, -0.15) is 0 Å². The molecule has 1 aromatic heterocycles. The minimum atomic E-state index is -0.959. The van der Waals surface area contributed by atoms with E-state index in [1.54, 1.807) is 0 Å². The molecule has 0 spiro atoms. The lowest BCUT2D eigenvalue weighted by atomic mass is 10.1. The second kappa shape index (κ2) is 5.89. The first-order chi connectivity index (χ1) is 11.0. The van der Waals surface area contributed by atoms with Gasteiger partial charge in [0.05, 0.1) is 12.3 Å². The first kappa shape index (κ1) is 15.3. The fourth-order valence-electron chi connectivity index (χ4n) is 2.39. The first-order valence-corrected chi connectivity index (χ1v) is 7.09. The second-order valence-corrected chi connectivity index (χ2v) is 5.35. The number of hydrogen-bond acceptors (Lipinski definition) is 3. The number of aliphatic hydroxyl groups excluding tert-OH is 1. The number of halogens is 2. The van der Waals surface area contributed by atoms with Crippen LogP contribution < -0.4 is 0 Å². The minimum absolute atomic E-state index is 0.300. The summed E-state index contributed by atoms with van der Waals surface area (Å²) in [5.41, 5.74) is 4.07. The van der Waals surface area contributed by atoms with Crippen LogP contribution in [0.4, 0.5) is 8.78 Å². The van der Waals surface area contributed by atoms with Crippen molar-refractivity contribution in [2.24, 2.45) is 0 Å². The Balaban J connectivity index is 2.21. The second-order valence-electron chi connectivity index (χ2n) is 5.35. The van der Waals surface area contributed by atoms with Crippen molar-refractivity contribution in [3.05, 3.63) is 64.9 Å². The summed E-state index contributed by atoms with van der Waals surface area (Å²) in [5.74, 6) is -1.89. The number of benzene rings is 2. The van der Waals surface area contributed by atoms with Crippen molar-refractivity contribution in [3.63, 3.8) is 0 Å². The van der Waals surface area contributed by atoms with Gasteiger partial charge in [-0.15, -0.1) is 5.10 Å². The summed E-state index contributed by atoms with van der Waals surface area (Å²) in [7, 11) is 0. The van der Waals surface area contributed by atoms with Gasteiger partial charge in [0.2, 0.25) is 0 Å². The average Bonchev–Trinajstić information content (AvgIpc) is 2.96. The summed E-state index contributed by atoms with van der Waals surface area (Å²) >= 11 is 0. The van der Waals surface area contributed by atoms with E-state index in [2.05, 4.69) is 10.3 Å². The van der Waals surface area contributed by atoms with Gasteiger partial charge < -0.3 is 5.11 Å². The van der Waals surface area contributed by atoms with Crippen molar-refractivity contribution in [3.8, 4) is 16.9 Å². The molecule has 0 bridgehead atoms. The highest BCUT2D eigenvalue weighted by atomic mass is 19.2. The van der Waals surface area contributed by atoms with E-state index in [4.69, 9.17) is 0 Å². The molecular formula is C17H15F2N3O. The maximum atomic E-state index is 13.6. The predicted octanol–water partition coefficient (Wildman–Crippen LogP) is 3.32. The number of rotatable bonds is 3. The molecule has 3 rings (SSSR count). The zero-order chi connectivity index (χ0) is 16.6. The van der Waals surface area contributed by atoms with E-state index in [9.17, 15) is 13.9 Å². The summed E-state index contributed by atoms with van der Waals surface area (Å²) in [5, 5.41) is 17.5. The normalized spacial score (nSPS) is 11.0. The topological polar surface area (TPSA) is 50.9 Å². The maximum Gasteiger partial charge on any atom is 0.159 e. The summed E-state index contributed by atoms with van der Waals surface area (Å²) in [6.07, 6.45) is 0. The number of nitrogens with zero attached hydrogens (tertiary/aromatic N) is 3. The molecule has 1 heterocycles. The minimum Gasteiger partial charge on any atom is -0.390 e. The Labute approximate surface area is 132 Å². The molecule has 0 aliphatic carbocycles. The van der Waals surface area contributed by atoms with Crippen LogP contribution in [0.2, 0.25) is 0 Å². The fourth-order valence-corrected chi connectivity index (χ4v) is 2.39. The number of aromatic nitrogens is 3. The van der Waals surface area contributed by atoms with E-state index < -0.39 is 11.6 Å². The van der Waals surface area contributed by atoms with Gasteiger partial charge in [-0.05, 0) is 55.3 Å². The van der Waals surface area contributed by atoms with E-state index >= 15 is 0 Å². The molecule has 0 radical (unpaired) electrons. The Hall–Kier alpha value is -2.60. The number of aliphatic hydroxyl groups is 1. The van der Waals surface area contributed by atoms with Gasteiger partial charge in [-0.3, -0.25) is 0 Å². The standard InChI is InChI=1S/C17H15F2N3O/c1-10-3-5-13(7-11(10)2)22-17(16(9-23)20-21-22)12-4-6-14(18)15(19)8-12/h3-8,23H,9H2,1-2H3. The van der Waals surface area contributed by atoms with Crippen LogP contribution in [0.25, 0.3) is 16.9 Å². The van der Waals surface area contributed by atoms with Crippen LogP contribution in [0.1, 0.15) is 16.8 Å². The van der Waals surface area contributed by atoms with Crippen LogP contribution in [-0.4, -0.2) is 20.1 Å². The molecule has 118 valence electrons. The largest absolute Gasteiger partial charge is 0.390 e.